The van der Waals surface area contributed by atoms with Gasteiger partial charge in [-0.15, -0.1) is 0 Å². The summed E-state index contributed by atoms with van der Waals surface area (Å²) in [4.78, 5) is 13.3. The van der Waals surface area contributed by atoms with Crippen LogP contribution in [0.25, 0.3) is 0 Å². The molecule has 0 N–H and O–H groups in total. The average molecular weight is 245 g/mol. The number of aryl methyl sites for hydroxylation is 1. The van der Waals surface area contributed by atoms with E-state index in [0.29, 0.717) is 6.42 Å². The molecule has 0 radical (unpaired) electrons. The number of carbonyl (C=O) groups excluding carboxylic acids is 1. The van der Waals surface area contributed by atoms with Crippen LogP contribution in [0, 0.1) is 6.92 Å². The maximum absolute atomic E-state index is 11.7. The SMILES string of the molecule is C/C(CC(=O)N(C)C)=C(\C)Cc1cccc(C)c1. The fraction of sp³-hybridized carbons (Fsp3) is 0.438. The van der Waals surface area contributed by atoms with Crippen LogP contribution in [0.3, 0.4) is 0 Å². The van der Waals surface area contributed by atoms with E-state index in [-0.39, 0.29) is 5.91 Å². The molecule has 98 valence electrons. The third kappa shape index (κ3) is 4.36. The monoisotopic (exact) mass is 245 g/mol. The van der Waals surface area contributed by atoms with Crippen molar-refractivity contribution in [1.82, 2.24) is 4.90 Å². The Kier molecular flexibility index (Phi) is 5.14. The van der Waals surface area contributed by atoms with Crippen molar-refractivity contribution in [2.75, 3.05) is 14.1 Å². The first kappa shape index (κ1) is 14.5. The zero-order valence-corrected chi connectivity index (χ0v) is 12.1. The van der Waals surface area contributed by atoms with Gasteiger partial charge in [-0.2, -0.15) is 0 Å². The topological polar surface area (TPSA) is 20.3 Å². The first-order valence-electron chi connectivity index (χ1n) is 6.31. The van der Waals surface area contributed by atoms with Gasteiger partial charge in [0.2, 0.25) is 5.91 Å². The first-order chi connectivity index (χ1) is 8.40. The minimum atomic E-state index is 0.163. The van der Waals surface area contributed by atoms with E-state index in [9.17, 15) is 4.79 Å². The van der Waals surface area contributed by atoms with Gasteiger partial charge in [0.25, 0.3) is 0 Å². The van der Waals surface area contributed by atoms with Gasteiger partial charge in [0, 0.05) is 20.5 Å². The molecular weight excluding hydrogens is 222 g/mol. The van der Waals surface area contributed by atoms with E-state index in [1.807, 2.05) is 6.92 Å². The molecule has 0 saturated carbocycles. The predicted octanol–water partition coefficient (Wildman–Crippen LogP) is 3.35. The maximum atomic E-state index is 11.7. The summed E-state index contributed by atoms with van der Waals surface area (Å²) in [7, 11) is 3.59. The summed E-state index contributed by atoms with van der Waals surface area (Å²) in [5.74, 6) is 0.163. The number of amides is 1. The number of hydrogen-bond donors (Lipinski definition) is 0. The van der Waals surface area contributed by atoms with Crippen molar-refractivity contribution in [3.63, 3.8) is 0 Å². The standard InChI is InChI=1S/C16H23NO/c1-12-7-6-8-15(9-12)10-13(2)14(3)11-16(18)17(4)5/h6-9H,10-11H2,1-5H3/b14-13-. The number of carbonyl (C=O) groups is 1. The lowest BCUT2D eigenvalue weighted by atomic mass is 9.99. The molecule has 0 bridgehead atoms. The van der Waals surface area contributed by atoms with E-state index >= 15 is 0 Å². The summed E-state index contributed by atoms with van der Waals surface area (Å²) in [5, 5.41) is 0. The number of hydrogen-bond acceptors (Lipinski definition) is 1. The highest BCUT2D eigenvalue weighted by Gasteiger charge is 2.07. The lowest BCUT2D eigenvalue weighted by Gasteiger charge is -2.12. The van der Waals surface area contributed by atoms with Gasteiger partial charge >= 0.3 is 0 Å². The molecule has 0 aliphatic rings. The highest BCUT2D eigenvalue weighted by atomic mass is 16.2. The Morgan fingerprint density at radius 2 is 1.83 bits per heavy atom. The summed E-state index contributed by atoms with van der Waals surface area (Å²) < 4.78 is 0. The molecule has 0 aliphatic heterocycles. The Balaban J connectivity index is 2.74. The number of allylic oxidation sites excluding steroid dienone is 1. The van der Waals surface area contributed by atoms with Gasteiger partial charge in [-0.25, -0.2) is 0 Å². The molecule has 1 amide bonds. The minimum absolute atomic E-state index is 0.163. The maximum Gasteiger partial charge on any atom is 0.226 e. The second-order valence-corrected chi connectivity index (χ2v) is 5.19. The zero-order valence-electron chi connectivity index (χ0n) is 12.1. The molecule has 2 nitrogen and oxygen atoms in total. The molecule has 18 heavy (non-hydrogen) atoms. The van der Waals surface area contributed by atoms with Crippen molar-refractivity contribution in [2.24, 2.45) is 0 Å². The molecule has 1 aromatic carbocycles. The molecule has 1 aromatic rings. The van der Waals surface area contributed by atoms with Crippen LogP contribution in [0.15, 0.2) is 35.4 Å². The predicted molar refractivity (Wildman–Crippen MR) is 76.6 cm³/mol. The van der Waals surface area contributed by atoms with Crippen molar-refractivity contribution >= 4 is 5.91 Å². The van der Waals surface area contributed by atoms with Crippen molar-refractivity contribution in [3.8, 4) is 0 Å². The van der Waals surface area contributed by atoms with Crippen molar-refractivity contribution in [2.45, 2.75) is 33.6 Å². The van der Waals surface area contributed by atoms with Crippen LogP contribution in [-0.2, 0) is 11.2 Å². The minimum Gasteiger partial charge on any atom is -0.349 e. The molecule has 0 heterocycles. The average Bonchev–Trinajstić information content (AvgIpc) is 2.28. The molecule has 0 saturated heterocycles. The molecule has 0 spiro atoms. The molecule has 0 aliphatic carbocycles. The molecule has 0 unspecified atom stereocenters. The van der Waals surface area contributed by atoms with Crippen LogP contribution in [0.4, 0.5) is 0 Å². The Morgan fingerprint density at radius 1 is 1.17 bits per heavy atom. The van der Waals surface area contributed by atoms with Gasteiger partial charge in [-0.3, -0.25) is 4.79 Å². The lowest BCUT2D eigenvalue weighted by molar-refractivity contribution is -0.127. The normalized spacial score (nSPS) is 12.1. The van der Waals surface area contributed by atoms with Crippen molar-refractivity contribution < 1.29 is 4.79 Å². The zero-order chi connectivity index (χ0) is 13.7. The molecular formula is C16H23NO. The van der Waals surface area contributed by atoms with E-state index in [1.54, 1.807) is 19.0 Å². The van der Waals surface area contributed by atoms with Gasteiger partial charge < -0.3 is 4.90 Å². The second-order valence-electron chi connectivity index (χ2n) is 5.19. The Hall–Kier alpha value is -1.57. The van der Waals surface area contributed by atoms with Gasteiger partial charge in [0.05, 0.1) is 0 Å². The van der Waals surface area contributed by atoms with Crippen LogP contribution >= 0.6 is 0 Å². The number of nitrogens with zero attached hydrogens (tertiary/aromatic N) is 1. The van der Waals surface area contributed by atoms with E-state index < -0.39 is 0 Å². The molecule has 1 rings (SSSR count). The van der Waals surface area contributed by atoms with Crippen LogP contribution in [-0.4, -0.2) is 24.9 Å². The fourth-order valence-corrected chi connectivity index (χ4v) is 1.82. The molecule has 2 heteroatoms. The summed E-state index contributed by atoms with van der Waals surface area (Å²) in [6.45, 7) is 6.26. The summed E-state index contributed by atoms with van der Waals surface area (Å²) >= 11 is 0. The molecule has 0 atom stereocenters. The Labute approximate surface area is 110 Å². The van der Waals surface area contributed by atoms with E-state index in [1.165, 1.54) is 22.3 Å². The van der Waals surface area contributed by atoms with Crippen LogP contribution in [0.5, 0.6) is 0 Å². The van der Waals surface area contributed by atoms with E-state index in [4.69, 9.17) is 0 Å². The van der Waals surface area contributed by atoms with Crippen LogP contribution in [0.2, 0.25) is 0 Å². The molecule has 0 fully saturated rings. The van der Waals surface area contributed by atoms with E-state index in [0.717, 1.165) is 6.42 Å². The quantitative estimate of drug-likeness (QED) is 0.745. The Bertz CT molecular complexity index is 458. The third-order valence-corrected chi connectivity index (χ3v) is 3.20. The smallest absolute Gasteiger partial charge is 0.226 e. The summed E-state index contributed by atoms with van der Waals surface area (Å²) in [5.41, 5.74) is 5.05. The third-order valence-electron chi connectivity index (χ3n) is 3.20. The number of benzene rings is 1. The van der Waals surface area contributed by atoms with Crippen molar-refractivity contribution in [1.29, 1.82) is 0 Å². The van der Waals surface area contributed by atoms with Gasteiger partial charge in [0.15, 0.2) is 0 Å². The second kappa shape index (κ2) is 6.39. The fourth-order valence-electron chi connectivity index (χ4n) is 1.82. The lowest BCUT2D eigenvalue weighted by Crippen LogP contribution is -2.21. The van der Waals surface area contributed by atoms with Gasteiger partial charge in [-0.05, 0) is 32.8 Å². The Morgan fingerprint density at radius 3 is 2.39 bits per heavy atom. The van der Waals surface area contributed by atoms with Crippen LogP contribution < -0.4 is 0 Å². The highest BCUT2D eigenvalue weighted by molar-refractivity contribution is 5.78. The van der Waals surface area contributed by atoms with Crippen LogP contribution in [0.1, 0.15) is 31.4 Å². The largest absolute Gasteiger partial charge is 0.349 e. The van der Waals surface area contributed by atoms with E-state index in [2.05, 4.69) is 38.1 Å². The van der Waals surface area contributed by atoms with Gasteiger partial charge in [-0.1, -0.05) is 41.0 Å². The number of rotatable bonds is 4. The van der Waals surface area contributed by atoms with Gasteiger partial charge in [0.1, 0.15) is 0 Å². The first-order valence-corrected chi connectivity index (χ1v) is 6.31. The summed E-state index contributed by atoms with van der Waals surface area (Å²) in [6, 6.07) is 8.52. The van der Waals surface area contributed by atoms with Crippen molar-refractivity contribution in [3.05, 3.63) is 46.5 Å². The highest BCUT2D eigenvalue weighted by Crippen LogP contribution is 2.15. The molecule has 0 aromatic heterocycles. The summed E-state index contributed by atoms with van der Waals surface area (Å²) in [6.07, 6.45) is 1.44.